The highest BCUT2D eigenvalue weighted by Crippen LogP contribution is 2.46. The number of aliphatic carboxylic acids is 1. The summed E-state index contributed by atoms with van der Waals surface area (Å²) in [7, 11) is 0. The number of hydrogen-bond acceptors (Lipinski definition) is 3. The third-order valence-electron chi connectivity index (χ3n) is 2.79. The van der Waals surface area contributed by atoms with Crippen molar-refractivity contribution in [2.24, 2.45) is 0 Å². The molecule has 14 heavy (non-hydrogen) atoms. The van der Waals surface area contributed by atoms with Gasteiger partial charge in [-0.25, -0.2) is 0 Å². The van der Waals surface area contributed by atoms with Crippen molar-refractivity contribution >= 4 is 17.3 Å². The van der Waals surface area contributed by atoms with E-state index < -0.39 is 17.5 Å². The molecule has 0 radical (unpaired) electrons. The minimum atomic E-state index is -0.815. The highest BCUT2D eigenvalue weighted by molar-refractivity contribution is 7.12. The molecule has 0 aliphatic heterocycles. The molecule has 1 aliphatic rings. The van der Waals surface area contributed by atoms with Crippen LogP contribution in [-0.4, -0.2) is 22.3 Å². The first-order chi connectivity index (χ1) is 6.54. The second-order valence-corrected chi connectivity index (χ2v) is 5.15. The van der Waals surface area contributed by atoms with Crippen LogP contribution in [0.1, 0.15) is 22.6 Å². The summed E-state index contributed by atoms with van der Waals surface area (Å²) in [4.78, 5) is 13.1. The SMILES string of the molecule is Cc1ccc(C2(C(=O)O)CC(O)C2)s1. The van der Waals surface area contributed by atoms with Crippen molar-refractivity contribution in [3.05, 3.63) is 21.9 Å². The Balaban J connectivity index is 2.34. The zero-order chi connectivity index (χ0) is 10.3. The topological polar surface area (TPSA) is 57.5 Å². The van der Waals surface area contributed by atoms with Gasteiger partial charge < -0.3 is 10.2 Å². The lowest BCUT2D eigenvalue weighted by molar-refractivity contribution is -0.152. The minimum Gasteiger partial charge on any atom is -0.481 e. The Morgan fingerprint density at radius 1 is 1.57 bits per heavy atom. The highest BCUT2D eigenvalue weighted by atomic mass is 32.1. The molecule has 0 bridgehead atoms. The van der Waals surface area contributed by atoms with Gasteiger partial charge in [0, 0.05) is 9.75 Å². The smallest absolute Gasteiger partial charge is 0.315 e. The van der Waals surface area contributed by atoms with Gasteiger partial charge in [-0.05, 0) is 31.9 Å². The van der Waals surface area contributed by atoms with Crippen molar-refractivity contribution in [2.75, 3.05) is 0 Å². The van der Waals surface area contributed by atoms with Crippen molar-refractivity contribution in [3.63, 3.8) is 0 Å². The summed E-state index contributed by atoms with van der Waals surface area (Å²) in [6.07, 6.45) is 0.249. The highest BCUT2D eigenvalue weighted by Gasteiger charge is 2.52. The van der Waals surface area contributed by atoms with E-state index in [2.05, 4.69) is 0 Å². The van der Waals surface area contributed by atoms with Gasteiger partial charge in [-0.15, -0.1) is 11.3 Å². The molecule has 2 rings (SSSR count). The molecule has 2 N–H and O–H groups in total. The Morgan fingerprint density at radius 3 is 2.57 bits per heavy atom. The van der Waals surface area contributed by atoms with Crippen molar-refractivity contribution in [1.29, 1.82) is 0 Å². The molecule has 3 nitrogen and oxygen atoms in total. The fraction of sp³-hybridized carbons (Fsp3) is 0.500. The van der Waals surface area contributed by atoms with Crippen LogP contribution >= 0.6 is 11.3 Å². The van der Waals surface area contributed by atoms with Gasteiger partial charge in [0.1, 0.15) is 5.41 Å². The lowest BCUT2D eigenvalue weighted by Crippen LogP contribution is -2.50. The quantitative estimate of drug-likeness (QED) is 0.781. The van der Waals surface area contributed by atoms with Crippen molar-refractivity contribution in [1.82, 2.24) is 0 Å². The second kappa shape index (κ2) is 3.07. The summed E-state index contributed by atoms with van der Waals surface area (Å²) >= 11 is 1.51. The van der Waals surface area contributed by atoms with Crippen LogP contribution < -0.4 is 0 Å². The van der Waals surface area contributed by atoms with Crippen LogP contribution in [0.3, 0.4) is 0 Å². The van der Waals surface area contributed by atoms with Crippen LogP contribution in [0.15, 0.2) is 12.1 Å². The third-order valence-corrected chi connectivity index (χ3v) is 3.99. The van der Waals surface area contributed by atoms with E-state index in [0.29, 0.717) is 12.8 Å². The molecule has 76 valence electrons. The molecule has 1 heterocycles. The molecule has 1 aromatic rings. The number of aryl methyl sites for hydroxylation is 1. The van der Waals surface area contributed by atoms with Gasteiger partial charge in [-0.2, -0.15) is 0 Å². The van der Waals surface area contributed by atoms with Crippen LogP contribution in [-0.2, 0) is 10.2 Å². The molecule has 0 amide bonds. The van der Waals surface area contributed by atoms with Gasteiger partial charge in [0.2, 0.25) is 0 Å². The minimum absolute atomic E-state index is 0.349. The maximum absolute atomic E-state index is 11.2. The first-order valence-electron chi connectivity index (χ1n) is 4.53. The molecule has 4 heteroatoms. The Morgan fingerprint density at radius 2 is 2.21 bits per heavy atom. The Bertz CT molecular complexity index is 363. The van der Waals surface area contributed by atoms with E-state index >= 15 is 0 Å². The van der Waals surface area contributed by atoms with Gasteiger partial charge in [0.05, 0.1) is 6.10 Å². The van der Waals surface area contributed by atoms with E-state index in [1.165, 1.54) is 11.3 Å². The monoisotopic (exact) mass is 212 g/mol. The molecular formula is C10H12O3S. The van der Waals surface area contributed by atoms with Gasteiger partial charge in [0.15, 0.2) is 0 Å². The number of carbonyl (C=O) groups is 1. The first kappa shape index (κ1) is 9.68. The van der Waals surface area contributed by atoms with Gasteiger partial charge in [0.25, 0.3) is 0 Å². The summed E-state index contributed by atoms with van der Waals surface area (Å²) in [5.74, 6) is -0.815. The number of rotatable bonds is 2. The molecule has 0 saturated heterocycles. The van der Waals surface area contributed by atoms with Crippen LogP contribution in [0.2, 0.25) is 0 Å². The van der Waals surface area contributed by atoms with Crippen LogP contribution in [0, 0.1) is 6.92 Å². The van der Waals surface area contributed by atoms with E-state index in [1.54, 1.807) is 0 Å². The van der Waals surface area contributed by atoms with E-state index in [1.807, 2.05) is 19.1 Å². The Labute approximate surface area is 86.0 Å². The summed E-state index contributed by atoms with van der Waals surface area (Å²) < 4.78 is 0. The average Bonchev–Trinajstić information content (AvgIpc) is 2.45. The molecular weight excluding hydrogens is 200 g/mol. The maximum Gasteiger partial charge on any atom is 0.315 e. The van der Waals surface area contributed by atoms with Crippen molar-refractivity contribution in [2.45, 2.75) is 31.3 Å². The number of carboxylic acid groups (broad SMARTS) is 1. The van der Waals surface area contributed by atoms with Gasteiger partial charge in [-0.3, -0.25) is 4.79 Å². The largest absolute Gasteiger partial charge is 0.481 e. The van der Waals surface area contributed by atoms with Crippen LogP contribution in [0.5, 0.6) is 0 Å². The molecule has 0 aromatic carbocycles. The van der Waals surface area contributed by atoms with Gasteiger partial charge in [-0.1, -0.05) is 0 Å². The zero-order valence-electron chi connectivity index (χ0n) is 7.86. The maximum atomic E-state index is 11.2. The number of aliphatic hydroxyl groups is 1. The second-order valence-electron chi connectivity index (χ2n) is 3.86. The molecule has 1 saturated carbocycles. The standard InChI is InChI=1S/C10H12O3S/c1-6-2-3-8(14-6)10(9(12)13)4-7(11)5-10/h2-3,7,11H,4-5H2,1H3,(H,12,13). The zero-order valence-corrected chi connectivity index (χ0v) is 8.67. The summed E-state index contributed by atoms with van der Waals surface area (Å²) in [6.45, 7) is 1.96. The lowest BCUT2D eigenvalue weighted by Gasteiger charge is -2.40. The van der Waals surface area contributed by atoms with E-state index in [0.717, 1.165) is 9.75 Å². The predicted molar refractivity (Wildman–Crippen MR) is 53.6 cm³/mol. The van der Waals surface area contributed by atoms with E-state index in [4.69, 9.17) is 5.11 Å². The summed E-state index contributed by atoms with van der Waals surface area (Å²) in [5, 5.41) is 18.4. The number of carboxylic acids is 1. The van der Waals surface area contributed by atoms with Crippen LogP contribution in [0.4, 0.5) is 0 Å². The average molecular weight is 212 g/mol. The predicted octanol–water partition coefficient (Wildman–Crippen LogP) is 1.53. The molecule has 0 unspecified atom stereocenters. The number of thiophene rings is 1. The fourth-order valence-corrected chi connectivity index (χ4v) is 2.99. The Hall–Kier alpha value is -0.870. The molecule has 1 aliphatic carbocycles. The fourth-order valence-electron chi connectivity index (χ4n) is 1.92. The number of hydrogen-bond donors (Lipinski definition) is 2. The molecule has 0 spiro atoms. The summed E-state index contributed by atoms with van der Waals surface area (Å²) in [5.41, 5.74) is -0.807. The first-order valence-corrected chi connectivity index (χ1v) is 5.34. The van der Waals surface area contributed by atoms with Crippen molar-refractivity contribution < 1.29 is 15.0 Å². The van der Waals surface area contributed by atoms with Crippen molar-refractivity contribution in [3.8, 4) is 0 Å². The molecule has 1 fully saturated rings. The Kier molecular flexibility index (Phi) is 2.12. The normalized spacial score (nSPS) is 31.1. The lowest BCUT2D eigenvalue weighted by atomic mass is 9.66. The van der Waals surface area contributed by atoms with Gasteiger partial charge >= 0.3 is 5.97 Å². The van der Waals surface area contributed by atoms with E-state index in [9.17, 15) is 9.90 Å². The summed E-state index contributed by atoms with van der Waals surface area (Å²) in [6, 6.07) is 3.79. The third kappa shape index (κ3) is 1.26. The molecule has 0 atom stereocenters. The molecule has 1 aromatic heterocycles. The van der Waals surface area contributed by atoms with Crippen LogP contribution in [0.25, 0.3) is 0 Å². The van der Waals surface area contributed by atoms with E-state index in [-0.39, 0.29) is 0 Å². The number of aliphatic hydroxyl groups excluding tert-OH is 1.